The molecule has 0 radical (unpaired) electrons. The van der Waals surface area contributed by atoms with E-state index in [-0.39, 0.29) is 24.0 Å². The fourth-order valence-corrected chi connectivity index (χ4v) is 2.55. The van der Waals surface area contributed by atoms with Crippen molar-refractivity contribution in [3.8, 4) is 0 Å². The molecule has 2 aliphatic rings. The molecule has 0 aromatic carbocycles. The summed E-state index contributed by atoms with van der Waals surface area (Å²) in [6, 6.07) is 0. The van der Waals surface area contributed by atoms with Gasteiger partial charge >= 0.3 is 0 Å². The molecule has 0 spiro atoms. The van der Waals surface area contributed by atoms with Gasteiger partial charge in [0.25, 0.3) is 0 Å². The number of hydrogen-bond donors (Lipinski definition) is 2. The summed E-state index contributed by atoms with van der Waals surface area (Å²) in [7, 11) is 1.74. The molecule has 112 valence electrons. The van der Waals surface area contributed by atoms with Crippen molar-refractivity contribution < 1.29 is 4.74 Å². The molecule has 0 heterocycles. The zero-order valence-electron chi connectivity index (χ0n) is 12.2. The Balaban J connectivity index is 0.00000180. The van der Waals surface area contributed by atoms with E-state index in [0.717, 1.165) is 44.5 Å². The van der Waals surface area contributed by atoms with E-state index in [4.69, 9.17) is 9.73 Å². The molecule has 0 amide bonds. The van der Waals surface area contributed by atoms with Crippen molar-refractivity contribution >= 4 is 29.9 Å². The predicted molar refractivity (Wildman–Crippen MR) is 90.3 cm³/mol. The predicted octanol–water partition coefficient (Wildman–Crippen LogP) is 2.39. The van der Waals surface area contributed by atoms with Crippen LogP contribution in [-0.2, 0) is 4.74 Å². The maximum Gasteiger partial charge on any atom is 0.191 e. The normalized spacial score (nSPS) is 20.6. The second kappa shape index (κ2) is 8.29. The summed E-state index contributed by atoms with van der Waals surface area (Å²) in [6.07, 6.45) is 6.68. The highest BCUT2D eigenvalue weighted by Crippen LogP contribution is 2.61. The number of methoxy groups -OCH3 is 1. The van der Waals surface area contributed by atoms with Gasteiger partial charge in [0.15, 0.2) is 5.96 Å². The van der Waals surface area contributed by atoms with Gasteiger partial charge in [-0.25, -0.2) is 0 Å². The van der Waals surface area contributed by atoms with E-state index in [1.165, 1.54) is 25.7 Å². The molecule has 0 saturated heterocycles. The van der Waals surface area contributed by atoms with Gasteiger partial charge < -0.3 is 15.4 Å². The average Bonchev–Trinajstić information content (AvgIpc) is 3.24. The Labute approximate surface area is 134 Å². The molecule has 0 atom stereocenters. The van der Waals surface area contributed by atoms with Crippen molar-refractivity contribution in [1.82, 2.24) is 10.6 Å². The van der Waals surface area contributed by atoms with Crippen molar-refractivity contribution in [2.45, 2.75) is 39.0 Å². The molecule has 2 aliphatic carbocycles. The SMILES string of the molecule is CCNC(=NCC1(C2CC2)CC1)NCCCOC.I. The van der Waals surface area contributed by atoms with Crippen molar-refractivity contribution in [2.24, 2.45) is 16.3 Å². The van der Waals surface area contributed by atoms with Crippen molar-refractivity contribution in [1.29, 1.82) is 0 Å². The highest BCUT2D eigenvalue weighted by molar-refractivity contribution is 14.0. The summed E-state index contributed by atoms with van der Waals surface area (Å²) in [5, 5.41) is 6.69. The minimum Gasteiger partial charge on any atom is -0.385 e. The van der Waals surface area contributed by atoms with Crippen LogP contribution in [0.3, 0.4) is 0 Å². The number of nitrogens with one attached hydrogen (secondary N) is 2. The summed E-state index contributed by atoms with van der Waals surface area (Å²) < 4.78 is 5.05. The second-order valence-electron chi connectivity index (χ2n) is 5.60. The summed E-state index contributed by atoms with van der Waals surface area (Å²) in [5.41, 5.74) is 0.592. The first-order valence-electron chi connectivity index (χ1n) is 7.32. The number of nitrogens with zero attached hydrogens (tertiary/aromatic N) is 1. The number of ether oxygens (including phenoxy) is 1. The van der Waals surface area contributed by atoms with Crippen LogP contribution in [-0.4, -0.2) is 39.3 Å². The molecule has 0 aromatic heterocycles. The van der Waals surface area contributed by atoms with Crippen LogP contribution in [0.1, 0.15) is 39.0 Å². The Hall–Kier alpha value is -0.0400. The highest BCUT2D eigenvalue weighted by Gasteiger charge is 2.53. The summed E-state index contributed by atoms with van der Waals surface area (Å²) >= 11 is 0. The number of guanidine groups is 1. The van der Waals surface area contributed by atoms with E-state index in [1.807, 2.05) is 0 Å². The van der Waals surface area contributed by atoms with Crippen LogP contribution in [0, 0.1) is 11.3 Å². The topological polar surface area (TPSA) is 45.7 Å². The maximum absolute atomic E-state index is 5.05. The molecule has 2 N–H and O–H groups in total. The summed E-state index contributed by atoms with van der Waals surface area (Å²) in [5.74, 6) is 1.96. The molecule has 0 aliphatic heterocycles. The fourth-order valence-electron chi connectivity index (χ4n) is 2.55. The van der Waals surface area contributed by atoms with Crippen LogP contribution in [0.5, 0.6) is 0 Å². The molecule has 2 saturated carbocycles. The van der Waals surface area contributed by atoms with Gasteiger partial charge in [-0.15, -0.1) is 24.0 Å². The first-order chi connectivity index (χ1) is 8.80. The Morgan fingerprint density at radius 1 is 1.32 bits per heavy atom. The minimum atomic E-state index is 0. The molecule has 0 bridgehead atoms. The smallest absolute Gasteiger partial charge is 0.191 e. The lowest BCUT2D eigenvalue weighted by molar-refractivity contribution is 0.195. The molecule has 4 nitrogen and oxygen atoms in total. The van der Waals surface area contributed by atoms with Crippen LogP contribution in [0.4, 0.5) is 0 Å². The van der Waals surface area contributed by atoms with Crippen LogP contribution < -0.4 is 10.6 Å². The van der Waals surface area contributed by atoms with Gasteiger partial charge in [0.2, 0.25) is 0 Å². The van der Waals surface area contributed by atoms with Gasteiger partial charge in [-0.3, -0.25) is 4.99 Å². The standard InChI is InChI=1S/C14H27N3O.HI/c1-3-15-13(16-9-4-10-18-2)17-11-14(7-8-14)12-5-6-12;/h12H,3-11H2,1-2H3,(H2,15,16,17);1H. The van der Waals surface area contributed by atoms with Crippen molar-refractivity contribution in [2.75, 3.05) is 33.4 Å². The molecular formula is C14H28IN3O. The maximum atomic E-state index is 5.05. The molecule has 5 heteroatoms. The number of halogens is 1. The number of aliphatic imine (C=N–C) groups is 1. The van der Waals surface area contributed by atoms with E-state index in [2.05, 4.69) is 17.6 Å². The third-order valence-electron chi connectivity index (χ3n) is 4.05. The van der Waals surface area contributed by atoms with Gasteiger partial charge in [0.1, 0.15) is 0 Å². The second-order valence-corrected chi connectivity index (χ2v) is 5.60. The van der Waals surface area contributed by atoms with E-state index >= 15 is 0 Å². The Bertz CT molecular complexity index is 288. The Morgan fingerprint density at radius 3 is 2.58 bits per heavy atom. The lowest BCUT2D eigenvalue weighted by atomic mass is 10.0. The van der Waals surface area contributed by atoms with E-state index in [0.29, 0.717) is 5.41 Å². The molecule has 2 fully saturated rings. The third-order valence-corrected chi connectivity index (χ3v) is 4.05. The van der Waals surface area contributed by atoms with Gasteiger partial charge in [0.05, 0.1) is 0 Å². The first-order valence-corrected chi connectivity index (χ1v) is 7.32. The van der Waals surface area contributed by atoms with Crippen LogP contribution in [0.15, 0.2) is 4.99 Å². The minimum absolute atomic E-state index is 0. The summed E-state index contributed by atoms with van der Waals surface area (Å²) in [6.45, 7) is 5.78. The van der Waals surface area contributed by atoms with Crippen molar-refractivity contribution in [3.05, 3.63) is 0 Å². The molecule has 0 aromatic rings. The highest BCUT2D eigenvalue weighted by atomic mass is 127. The zero-order valence-corrected chi connectivity index (χ0v) is 14.5. The van der Waals surface area contributed by atoms with E-state index in [1.54, 1.807) is 7.11 Å². The monoisotopic (exact) mass is 381 g/mol. The molecule has 0 unspecified atom stereocenters. The molecular weight excluding hydrogens is 353 g/mol. The lowest BCUT2D eigenvalue weighted by Gasteiger charge is -2.14. The zero-order chi connectivity index (χ0) is 12.8. The lowest BCUT2D eigenvalue weighted by Crippen LogP contribution is -2.38. The Kier molecular flexibility index (Phi) is 7.42. The first kappa shape index (κ1) is 17.0. The van der Waals surface area contributed by atoms with Crippen LogP contribution in [0.2, 0.25) is 0 Å². The average molecular weight is 381 g/mol. The van der Waals surface area contributed by atoms with Crippen molar-refractivity contribution in [3.63, 3.8) is 0 Å². The fraction of sp³-hybridized carbons (Fsp3) is 0.929. The third kappa shape index (κ3) is 5.45. The van der Waals surface area contributed by atoms with E-state index < -0.39 is 0 Å². The quantitative estimate of drug-likeness (QED) is 0.294. The number of rotatable bonds is 8. The molecule has 2 rings (SSSR count). The van der Waals surface area contributed by atoms with Crippen LogP contribution >= 0.6 is 24.0 Å². The van der Waals surface area contributed by atoms with Gasteiger partial charge in [-0.05, 0) is 50.4 Å². The van der Waals surface area contributed by atoms with E-state index in [9.17, 15) is 0 Å². The molecule has 19 heavy (non-hydrogen) atoms. The summed E-state index contributed by atoms with van der Waals surface area (Å²) in [4.78, 5) is 4.76. The van der Waals surface area contributed by atoms with Gasteiger partial charge in [-0.1, -0.05) is 0 Å². The Morgan fingerprint density at radius 2 is 2.05 bits per heavy atom. The largest absolute Gasteiger partial charge is 0.385 e. The van der Waals surface area contributed by atoms with Gasteiger partial charge in [-0.2, -0.15) is 0 Å². The van der Waals surface area contributed by atoms with Gasteiger partial charge in [0, 0.05) is 33.4 Å². The van der Waals surface area contributed by atoms with Crippen LogP contribution in [0.25, 0.3) is 0 Å². The number of hydrogen-bond acceptors (Lipinski definition) is 2.